The van der Waals surface area contributed by atoms with E-state index in [-0.39, 0.29) is 36.4 Å². The topological polar surface area (TPSA) is 49.4 Å². The van der Waals surface area contributed by atoms with Gasteiger partial charge in [0.05, 0.1) is 0 Å². The molecule has 0 spiro atoms. The lowest BCUT2D eigenvalue weighted by atomic mass is 9.94. The van der Waals surface area contributed by atoms with E-state index in [0.29, 0.717) is 0 Å². The van der Waals surface area contributed by atoms with Crippen molar-refractivity contribution < 1.29 is 18.4 Å². The number of carbonyl (C=O) groups is 2. The minimum atomic E-state index is -1.00. The van der Waals surface area contributed by atoms with E-state index in [1.54, 1.807) is 6.92 Å². The molecule has 0 aromatic heterocycles. The Bertz CT molecular complexity index is 616. The van der Waals surface area contributed by atoms with Gasteiger partial charge in [-0.15, -0.1) is 0 Å². The molecule has 1 aliphatic heterocycles. The van der Waals surface area contributed by atoms with Crippen molar-refractivity contribution in [3.8, 4) is 0 Å². The van der Waals surface area contributed by atoms with Gasteiger partial charge < -0.3 is 10.2 Å². The third-order valence-corrected chi connectivity index (χ3v) is 4.26. The van der Waals surface area contributed by atoms with Crippen LogP contribution in [-0.2, 0) is 9.59 Å². The number of amides is 2. The zero-order chi connectivity index (χ0) is 15.2. The Morgan fingerprint density at radius 1 is 1.24 bits per heavy atom. The van der Waals surface area contributed by atoms with E-state index in [1.165, 1.54) is 11.0 Å². The van der Waals surface area contributed by atoms with E-state index < -0.39 is 17.2 Å². The van der Waals surface area contributed by atoms with Gasteiger partial charge in [-0.05, 0) is 37.8 Å². The molecule has 0 bridgehead atoms. The van der Waals surface area contributed by atoms with Crippen LogP contribution in [0, 0.1) is 17.6 Å². The minimum absolute atomic E-state index is 0.111. The van der Waals surface area contributed by atoms with Gasteiger partial charge in [0.25, 0.3) is 5.91 Å². The Hall–Kier alpha value is -1.98. The lowest BCUT2D eigenvalue weighted by molar-refractivity contribution is -0.130. The number of anilines is 1. The van der Waals surface area contributed by atoms with E-state index in [0.717, 1.165) is 25.0 Å². The molecule has 2 fully saturated rings. The first-order chi connectivity index (χ1) is 9.91. The third kappa shape index (κ3) is 2.39. The molecule has 4 nitrogen and oxygen atoms in total. The first kappa shape index (κ1) is 14.0. The summed E-state index contributed by atoms with van der Waals surface area (Å²) in [5, 5.41) is 2.79. The van der Waals surface area contributed by atoms with Crippen LogP contribution in [0.15, 0.2) is 18.2 Å². The molecule has 1 unspecified atom stereocenters. The normalized spacial score (nSPS) is 26.5. The molecule has 1 N–H and O–H groups in total. The molecule has 112 valence electrons. The van der Waals surface area contributed by atoms with Gasteiger partial charge >= 0.3 is 0 Å². The Balaban J connectivity index is 1.98. The van der Waals surface area contributed by atoms with Gasteiger partial charge in [0.1, 0.15) is 5.54 Å². The predicted octanol–water partition coefficient (Wildman–Crippen LogP) is 1.99. The van der Waals surface area contributed by atoms with Crippen LogP contribution < -0.4 is 10.2 Å². The highest BCUT2D eigenvalue weighted by Crippen LogP contribution is 2.42. The van der Waals surface area contributed by atoms with Gasteiger partial charge in [-0.2, -0.15) is 0 Å². The molecule has 1 aliphatic carbocycles. The van der Waals surface area contributed by atoms with Gasteiger partial charge in [0.2, 0.25) is 5.91 Å². The standard InChI is InChI=1S/C15H16F2N2O2/c1-15(9-2-3-9)14(21)19(7-6-13(20)18-15)10-4-5-11(16)12(17)8-10/h4-5,8-9H,2-3,6-7H2,1H3,(H,18,20). The minimum Gasteiger partial charge on any atom is -0.342 e. The summed E-state index contributed by atoms with van der Waals surface area (Å²) in [6, 6.07) is 3.35. The maximum absolute atomic E-state index is 13.4. The number of carbonyl (C=O) groups excluding carboxylic acids is 2. The molecule has 1 aromatic rings. The molecule has 1 atom stereocenters. The molecule has 2 aliphatic rings. The molecule has 21 heavy (non-hydrogen) atoms. The first-order valence-corrected chi connectivity index (χ1v) is 7.00. The zero-order valence-corrected chi connectivity index (χ0v) is 11.7. The van der Waals surface area contributed by atoms with E-state index >= 15 is 0 Å². The summed E-state index contributed by atoms with van der Waals surface area (Å²) in [6.07, 6.45) is 1.91. The molecule has 2 amide bonds. The lowest BCUT2D eigenvalue weighted by Crippen LogP contribution is -2.56. The maximum atomic E-state index is 13.4. The highest BCUT2D eigenvalue weighted by molar-refractivity contribution is 6.04. The van der Waals surface area contributed by atoms with Crippen molar-refractivity contribution in [1.29, 1.82) is 0 Å². The Morgan fingerprint density at radius 2 is 1.95 bits per heavy atom. The number of rotatable bonds is 2. The second-order valence-electron chi connectivity index (χ2n) is 5.83. The molecule has 1 saturated heterocycles. The fourth-order valence-corrected chi connectivity index (χ4v) is 2.84. The van der Waals surface area contributed by atoms with E-state index in [2.05, 4.69) is 5.32 Å². The molecule has 0 radical (unpaired) electrons. The summed E-state index contributed by atoms with van der Waals surface area (Å²) in [5.74, 6) is -2.30. The Kier molecular flexibility index (Phi) is 3.19. The number of halogens is 2. The largest absolute Gasteiger partial charge is 0.342 e. The summed E-state index contributed by atoms with van der Waals surface area (Å²) < 4.78 is 26.5. The van der Waals surface area contributed by atoms with Gasteiger partial charge in [-0.25, -0.2) is 8.78 Å². The Morgan fingerprint density at radius 3 is 2.57 bits per heavy atom. The van der Waals surface area contributed by atoms with Gasteiger partial charge in [0, 0.05) is 24.7 Å². The number of nitrogens with zero attached hydrogens (tertiary/aromatic N) is 1. The van der Waals surface area contributed by atoms with Crippen LogP contribution >= 0.6 is 0 Å². The van der Waals surface area contributed by atoms with Crippen LogP contribution in [0.25, 0.3) is 0 Å². The molecule has 6 heteroatoms. The molecule has 1 aromatic carbocycles. The number of hydrogen-bond acceptors (Lipinski definition) is 2. The maximum Gasteiger partial charge on any atom is 0.252 e. The van der Waals surface area contributed by atoms with Crippen LogP contribution in [0.4, 0.5) is 14.5 Å². The van der Waals surface area contributed by atoms with Crippen LogP contribution in [0.2, 0.25) is 0 Å². The zero-order valence-electron chi connectivity index (χ0n) is 11.7. The van der Waals surface area contributed by atoms with Crippen LogP contribution in [-0.4, -0.2) is 23.9 Å². The second kappa shape index (κ2) is 4.79. The lowest BCUT2D eigenvalue weighted by Gasteiger charge is -2.32. The third-order valence-electron chi connectivity index (χ3n) is 4.26. The fraction of sp³-hybridized carbons (Fsp3) is 0.467. The summed E-state index contributed by atoms with van der Waals surface area (Å²) in [6.45, 7) is 1.88. The van der Waals surface area contributed by atoms with Crippen LogP contribution in [0.3, 0.4) is 0 Å². The van der Waals surface area contributed by atoms with E-state index in [4.69, 9.17) is 0 Å². The quantitative estimate of drug-likeness (QED) is 0.907. The second-order valence-corrected chi connectivity index (χ2v) is 5.83. The number of benzene rings is 1. The highest BCUT2D eigenvalue weighted by atomic mass is 19.2. The number of nitrogens with one attached hydrogen (secondary N) is 1. The van der Waals surface area contributed by atoms with Gasteiger partial charge in [-0.1, -0.05) is 0 Å². The SMILES string of the molecule is CC1(C2CC2)NC(=O)CCN(c2ccc(F)c(F)c2)C1=O. The van der Waals surface area contributed by atoms with E-state index in [1.807, 2.05) is 0 Å². The molecule has 3 rings (SSSR count). The van der Waals surface area contributed by atoms with Crippen molar-refractivity contribution >= 4 is 17.5 Å². The first-order valence-electron chi connectivity index (χ1n) is 7.00. The summed E-state index contributed by atoms with van der Waals surface area (Å²) >= 11 is 0. The van der Waals surface area contributed by atoms with Crippen molar-refractivity contribution in [3.05, 3.63) is 29.8 Å². The molecule has 1 saturated carbocycles. The van der Waals surface area contributed by atoms with Crippen molar-refractivity contribution in [1.82, 2.24) is 5.32 Å². The number of hydrogen-bond donors (Lipinski definition) is 1. The smallest absolute Gasteiger partial charge is 0.252 e. The molecular formula is C15H16F2N2O2. The average molecular weight is 294 g/mol. The predicted molar refractivity (Wildman–Crippen MR) is 72.6 cm³/mol. The van der Waals surface area contributed by atoms with Crippen LogP contribution in [0.1, 0.15) is 26.2 Å². The van der Waals surface area contributed by atoms with Crippen molar-refractivity contribution in [3.63, 3.8) is 0 Å². The van der Waals surface area contributed by atoms with E-state index in [9.17, 15) is 18.4 Å². The molecular weight excluding hydrogens is 278 g/mol. The Labute approximate surface area is 121 Å². The highest BCUT2D eigenvalue weighted by Gasteiger charge is 2.51. The summed E-state index contributed by atoms with van der Waals surface area (Å²) in [5.41, 5.74) is -0.680. The molecule has 1 heterocycles. The monoisotopic (exact) mass is 294 g/mol. The van der Waals surface area contributed by atoms with Crippen LogP contribution in [0.5, 0.6) is 0 Å². The summed E-state index contributed by atoms with van der Waals surface area (Å²) in [7, 11) is 0. The van der Waals surface area contributed by atoms with Gasteiger partial charge in [0.15, 0.2) is 11.6 Å². The van der Waals surface area contributed by atoms with Crippen molar-refractivity contribution in [2.24, 2.45) is 5.92 Å². The average Bonchev–Trinajstić information content (AvgIpc) is 3.26. The van der Waals surface area contributed by atoms with Gasteiger partial charge in [-0.3, -0.25) is 9.59 Å². The summed E-state index contributed by atoms with van der Waals surface area (Å²) in [4.78, 5) is 26.0. The van der Waals surface area contributed by atoms with Crippen molar-refractivity contribution in [2.45, 2.75) is 31.7 Å². The van der Waals surface area contributed by atoms with Crippen molar-refractivity contribution in [2.75, 3.05) is 11.4 Å². The fourth-order valence-electron chi connectivity index (χ4n) is 2.84.